The lowest BCUT2D eigenvalue weighted by Crippen LogP contribution is -2.44. The van der Waals surface area contributed by atoms with E-state index in [1.54, 1.807) is 11.3 Å². The molecule has 0 aromatic carbocycles. The average molecular weight is 319 g/mol. The van der Waals surface area contributed by atoms with E-state index in [2.05, 4.69) is 27.3 Å². The molecule has 96 valence electrons. The van der Waals surface area contributed by atoms with Crippen LogP contribution in [0.1, 0.15) is 25.1 Å². The van der Waals surface area contributed by atoms with E-state index in [-0.39, 0.29) is 5.91 Å². The van der Waals surface area contributed by atoms with Crippen LogP contribution in [0.25, 0.3) is 0 Å². The van der Waals surface area contributed by atoms with Crippen molar-refractivity contribution >= 4 is 33.2 Å². The summed E-state index contributed by atoms with van der Waals surface area (Å²) in [6, 6.07) is 4.10. The van der Waals surface area contributed by atoms with Crippen molar-refractivity contribution in [3.8, 4) is 0 Å². The zero-order valence-electron chi connectivity index (χ0n) is 10.3. The van der Waals surface area contributed by atoms with Crippen molar-refractivity contribution in [3.63, 3.8) is 0 Å². The van der Waals surface area contributed by atoms with Crippen molar-refractivity contribution in [3.05, 3.63) is 20.8 Å². The first kappa shape index (κ1) is 14.7. The van der Waals surface area contributed by atoms with Gasteiger partial charge in [0.15, 0.2) is 0 Å². The van der Waals surface area contributed by atoms with Crippen LogP contribution in [0.15, 0.2) is 15.9 Å². The first-order valence-corrected chi connectivity index (χ1v) is 7.35. The first-order valence-electron chi connectivity index (χ1n) is 5.74. The molecule has 5 heteroatoms. The number of nitrogens with two attached hydrogens (primary N) is 1. The molecule has 1 rings (SSSR count). The van der Waals surface area contributed by atoms with Crippen molar-refractivity contribution in [2.45, 2.75) is 26.7 Å². The topological polar surface area (TPSA) is 55.1 Å². The molecule has 3 N–H and O–H groups in total. The normalized spacial score (nSPS) is 14.4. The number of hydrogen-bond acceptors (Lipinski definition) is 3. The van der Waals surface area contributed by atoms with Gasteiger partial charge in [-0.15, -0.1) is 11.3 Å². The molecule has 0 saturated carbocycles. The third-order valence-electron chi connectivity index (χ3n) is 3.06. The maximum Gasteiger partial charge on any atom is 0.227 e. The number of thiophene rings is 1. The molecule has 0 aliphatic rings. The van der Waals surface area contributed by atoms with Gasteiger partial charge in [-0.2, -0.15) is 0 Å². The molecule has 0 fully saturated rings. The van der Waals surface area contributed by atoms with Gasteiger partial charge in [-0.05, 0) is 47.8 Å². The molecule has 0 bridgehead atoms. The highest BCUT2D eigenvalue weighted by Crippen LogP contribution is 2.22. The summed E-state index contributed by atoms with van der Waals surface area (Å²) in [5.41, 5.74) is 5.21. The number of carbonyl (C=O) groups excluding carboxylic acids is 1. The summed E-state index contributed by atoms with van der Waals surface area (Å²) in [6.45, 7) is 4.95. The van der Waals surface area contributed by atoms with Gasteiger partial charge in [0.05, 0.1) is 9.20 Å². The molecule has 0 aliphatic heterocycles. The molecule has 1 aromatic rings. The summed E-state index contributed by atoms with van der Waals surface area (Å²) in [4.78, 5) is 13.2. The van der Waals surface area contributed by atoms with Gasteiger partial charge in [-0.25, -0.2) is 0 Å². The molecule has 0 radical (unpaired) electrons. The molecule has 0 spiro atoms. The van der Waals surface area contributed by atoms with Crippen LogP contribution in [0.4, 0.5) is 0 Å². The van der Waals surface area contributed by atoms with Crippen LogP contribution in [-0.2, 0) is 11.2 Å². The van der Waals surface area contributed by atoms with E-state index in [0.717, 1.165) is 16.6 Å². The Bertz CT molecular complexity index is 374. The third kappa shape index (κ3) is 4.08. The van der Waals surface area contributed by atoms with Crippen LogP contribution < -0.4 is 11.1 Å². The van der Waals surface area contributed by atoms with Crippen molar-refractivity contribution in [1.29, 1.82) is 0 Å². The number of nitrogens with one attached hydrogen (secondary N) is 1. The average Bonchev–Trinajstić information content (AvgIpc) is 2.74. The zero-order chi connectivity index (χ0) is 12.9. The smallest absolute Gasteiger partial charge is 0.227 e. The highest BCUT2D eigenvalue weighted by Gasteiger charge is 2.28. The minimum atomic E-state index is -0.434. The molecule has 1 amide bonds. The lowest BCUT2D eigenvalue weighted by molar-refractivity contribution is -0.129. The van der Waals surface area contributed by atoms with Crippen LogP contribution in [0.5, 0.6) is 0 Å². The molecule has 0 aliphatic carbocycles. The van der Waals surface area contributed by atoms with Gasteiger partial charge < -0.3 is 11.1 Å². The summed E-state index contributed by atoms with van der Waals surface area (Å²) < 4.78 is 1.12. The predicted octanol–water partition coefficient (Wildman–Crippen LogP) is 2.54. The fourth-order valence-electron chi connectivity index (χ4n) is 1.40. The second-order valence-corrected chi connectivity index (χ2v) is 6.88. The highest BCUT2D eigenvalue weighted by molar-refractivity contribution is 9.11. The van der Waals surface area contributed by atoms with Gasteiger partial charge in [0.2, 0.25) is 5.91 Å². The Labute approximate surface area is 115 Å². The number of halogens is 1. The van der Waals surface area contributed by atoms with Gasteiger partial charge in [0.25, 0.3) is 0 Å². The minimum Gasteiger partial charge on any atom is -0.355 e. The fraction of sp³-hybridized carbons (Fsp3) is 0.583. The van der Waals surface area contributed by atoms with Crippen LogP contribution in [0.3, 0.4) is 0 Å². The molecule has 1 aromatic heterocycles. The third-order valence-corrected chi connectivity index (χ3v) is 4.75. The van der Waals surface area contributed by atoms with Gasteiger partial charge >= 0.3 is 0 Å². The Morgan fingerprint density at radius 3 is 2.76 bits per heavy atom. The maximum atomic E-state index is 11.9. The molecular weight excluding hydrogens is 300 g/mol. The van der Waals surface area contributed by atoms with Gasteiger partial charge in [-0.3, -0.25) is 4.79 Å². The van der Waals surface area contributed by atoms with E-state index < -0.39 is 5.41 Å². The second-order valence-electron chi connectivity index (χ2n) is 4.33. The lowest BCUT2D eigenvalue weighted by atomic mass is 9.87. The van der Waals surface area contributed by atoms with E-state index >= 15 is 0 Å². The Hall–Kier alpha value is -0.390. The molecule has 1 heterocycles. The second kappa shape index (κ2) is 6.52. The number of amides is 1. The first-order chi connectivity index (χ1) is 8.01. The van der Waals surface area contributed by atoms with Crippen LogP contribution in [0, 0.1) is 5.41 Å². The Kier molecular flexibility index (Phi) is 5.62. The highest BCUT2D eigenvalue weighted by atomic mass is 79.9. The Morgan fingerprint density at radius 1 is 1.59 bits per heavy atom. The summed E-state index contributed by atoms with van der Waals surface area (Å²) in [7, 11) is 0. The van der Waals surface area contributed by atoms with Crippen LogP contribution in [-0.4, -0.2) is 19.0 Å². The van der Waals surface area contributed by atoms with Crippen molar-refractivity contribution < 1.29 is 4.79 Å². The number of carbonyl (C=O) groups is 1. The van der Waals surface area contributed by atoms with E-state index in [4.69, 9.17) is 5.73 Å². The van der Waals surface area contributed by atoms with E-state index in [1.807, 2.05) is 19.9 Å². The van der Waals surface area contributed by atoms with Crippen LogP contribution in [0.2, 0.25) is 0 Å². The molecule has 0 saturated heterocycles. The van der Waals surface area contributed by atoms with Gasteiger partial charge in [0, 0.05) is 18.0 Å². The lowest BCUT2D eigenvalue weighted by Gasteiger charge is -2.24. The monoisotopic (exact) mass is 318 g/mol. The maximum absolute atomic E-state index is 11.9. The van der Waals surface area contributed by atoms with Crippen LogP contribution >= 0.6 is 27.3 Å². The molecule has 1 unspecified atom stereocenters. The minimum absolute atomic E-state index is 0.0538. The summed E-state index contributed by atoms with van der Waals surface area (Å²) >= 11 is 5.12. The Balaban J connectivity index is 2.38. The van der Waals surface area contributed by atoms with Gasteiger partial charge in [-0.1, -0.05) is 6.92 Å². The standard InChI is InChI=1S/C12H19BrN2OS/c1-3-12(2,8-14)11(16)15-7-6-9-4-5-10(13)17-9/h4-5H,3,6-8,14H2,1-2H3,(H,15,16). The van der Waals surface area contributed by atoms with Crippen molar-refractivity contribution in [2.24, 2.45) is 11.1 Å². The zero-order valence-corrected chi connectivity index (χ0v) is 12.7. The SMILES string of the molecule is CCC(C)(CN)C(=O)NCCc1ccc(Br)s1. The van der Waals surface area contributed by atoms with E-state index in [9.17, 15) is 4.79 Å². The summed E-state index contributed by atoms with van der Waals surface area (Å²) in [5, 5.41) is 2.96. The van der Waals surface area contributed by atoms with Crippen molar-refractivity contribution in [2.75, 3.05) is 13.1 Å². The van der Waals surface area contributed by atoms with E-state index in [1.165, 1.54) is 4.88 Å². The molecule has 3 nitrogen and oxygen atoms in total. The molecule has 17 heavy (non-hydrogen) atoms. The van der Waals surface area contributed by atoms with E-state index in [0.29, 0.717) is 13.1 Å². The summed E-state index contributed by atoms with van der Waals surface area (Å²) in [6.07, 6.45) is 1.63. The number of hydrogen-bond donors (Lipinski definition) is 2. The molecular formula is C12H19BrN2OS. The largest absolute Gasteiger partial charge is 0.355 e. The predicted molar refractivity (Wildman–Crippen MR) is 76.2 cm³/mol. The fourth-order valence-corrected chi connectivity index (χ4v) is 2.88. The van der Waals surface area contributed by atoms with Gasteiger partial charge in [0.1, 0.15) is 0 Å². The summed E-state index contributed by atoms with van der Waals surface area (Å²) in [5.74, 6) is 0.0538. The van der Waals surface area contributed by atoms with Crippen molar-refractivity contribution in [1.82, 2.24) is 5.32 Å². The Morgan fingerprint density at radius 2 is 2.29 bits per heavy atom. The number of rotatable bonds is 6. The molecule has 1 atom stereocenters. The quantitative estimate of drug-likeness (QED) is 0.847.